The van der Waals surface area contributed by atoms with Crippen molar-refractivity contribution in [2.75, 3.05) is 55.4 Å². The molecule has 0 bridgehead atoms. The Hall–Kier alpha value is -1.50. The molecule has 7 nitrogen and oxygen atoms in total. The van der Waals surface area contributed by atoms with Crippen LogP contribution in [0.25, 0.3) is 0 Å². The molecule has 0 aromatic carbocycles. The molecule has 2 aliphatic heterocycles. The number of aromatic nitrogens is 2. The molecule has 0 aliphatic carbocycles. The van der Waals surface area contributed by atoms with Gasteiger partial charge in [0, 0.05) is 31.1 Å². The summed E-state index contributed by atoms with van der Waals surface area (Å²) in [6.07, 6.45) is 2.94. The number of rotatable bonds is 3. The molecule has 3 rings (SSSR count). The lowest BCUT2D eigenvalue weighted by molar-refractivity contribution is -0.144. The summed E-state index contributed by atoms with van der Waals surface area (Å²) in [7, 11) is 0. The number of anilines is 1. The van der Waals surface area contributed by atoms with Crippen molar-refractivity contribution in [1.29, 1.82) is 5.26 Å². The van der Waals surface area contributed by atoms with Crippen LogP contribution >= 0.6 is 23.5 Å². The Balaban J connectivity index is 1.76. The van der Waals surface area contributed by atoms with Crippen LogP contribution in [0.15, 0.2) is 11.4 Å². The lowest BCUT2D eigenvalue weighted by Gasteiger charge is -2.36. The molecule has 1 unspecified atom stereocenters. The predicted molar refractivity (Wildman–Crippen MR) is 94.4 cm³/mol. The second-order valence-electron chi connectivity index (χ2n) is 5.45. The minimum absolute atomic E-state index is 0.0395. The van der Waals surface area contributed by atoms with Crippen molar-refractivity contribution in [1.82, 2.24) is 14.9 Å². The molecule has 1 aromatic heterocycles. The predicted octanol–water partition coefficient (Wildman–Crippen LogP) is 0.851. The lowest BCUT2D eigenvalue weighted by atomic mass is 10.2. The van der Waals surface area contributed by atoms with E-state index < -0.39 is 6.10 Å². The zero-order valence-electron chi connectivity index (χ0n) is 13.5. The van der Waals surface area contributed by atoms with E-state index in [0.717, 1.165) is 24.6 Å². The Labute approximate surface area is 149 Å². The highest BCUT2D eigenvalue weighted by molar-refractivity contribution is 7.99. The van der Waals surface area contributed by atoms with Gasteiger partial charge in [0.2, 0.25) is 0 Å². The number of nitrogens with zero attached hydrogens (tertiary/aromatic N) is 5. The molecule has 2 fully saturated rings. The molecule has 0 spiro atoms. The van der Waals surface area contributed by atoms with E-state index in [-0.39, 0.29) is 5.91 Å². The number of amides is 1. The quantitative estimate of drug-likeness (QED) is 0.576. The van der Waals surface area contributed by atoms with Crippen molar-refractivity contribution >= 4 is 35.2 Å². The molecule has 1 aromatic rings. The van der Waals surface area contributed by atoms with Gasteiger partial charge in [0.1, 0.15) is 11.6 Å². The van der Waals surface area contributed by atoms with E-state index in [1.165, 1.54) is 11.8 Å². The minimum atomic E-state index is -0.499. The third kappa shape index (κ3) is 3.77. The number of hydrogen-bond donors (Lipinski definition) is 0. The number of hydrogen-bond acceptors (Lipinski definition) is 8. The highest BCUT2D eigenvalue weighted by Gasteiger charge is 2.32. The Kier molecular flexibility index (Phi) is 5.81. The summed E-state index contributed by atoms with van der Waals surface area (Å²) in [6.45, 7) is 3.03. The lowest BCUT2D eigenvalue weighted by Crippen LogP contribution is -2.53. The maximum Gasteiger partial charge on any atom is 0.253 e. The summed E-state index contributed by atoms with van der Waals surface area (Å²) in [6, 6.07) is 2.14. The maximum atomic E-state index is 12.7. The fraction of sp³-hybridized carbons (Fsp3) is 0.600. The highest BCUT2D eigenvalue weighted by Crippen LogP contribution is 2.23. The monoisotopic (exact) mass is 365 g/mol. The summed E-state index contributed by atoms with van der Waals surface area (Å²) >= 11 is 3.30. The van der Waals surface area contributed by atoms with Crippen LogP contribution in [0.3, 0.4) is 0 Å². The number of nitriles is 1. The summed E-state index contributed by atoms with van der Waals surface area (Å²) in [5.41, 5.74) is 0.426. The minimum Gasteiger partial charge on any atom is -0.365 e. The first-order valence-corrected chi connectivity index (χ1v) is 10.1. The van der Waals surface area contributed by atoms with Gasteiger partial charge in [-0.3, -0.25) is 4.79 Å². The number of morpholine rings is 1. The zero-order valence-corrected chi connectivity index (χ0v) is 15.1. The topological polar surface area (TPSA) is 82.3 Å². The SMILES string of the molecule is CSc1ncc(C#N)c(N2CCOC(C(=O)N3CCSCC3)C2)n1. The summed E-state index contributed by atoms with van der Waals surface area (Å²) in [5.74, 6) is 2.58. The van der Waals surface area contributed by atoms with Crippen molar-refractivity contribution in [3.05, 3.63) is 11.8 Å². The normalized spacial score (nSPS) is 21.4. The molecule has 2 saturated heterocycles. The fourth-order valence-corrected chi connectivity index (χ4v) is 3.99. The molecule has 1 atom stereocenters. The van der Waals surface area contributed by atoms with Crippen LogP contribution in [0.4, 0.5) is 5.82 Å². The molecule has 3 heterocycles. The first kappa shape index (κ1) is 17.3. The van der Waals surface area contributed by atoms with Gasteiger partial charge >= 0.3 is 0 Å². The van der Waals surface area contributed by atoms with E-state index in [1.54, 1.807) is 6.20 Å². The van der Waals surface area contributed by atoms with E-state index in [9.17, 15) is 10.1 Å². The number of ether oxygens (including phenoxy) is 1. The van der Waals surface area contributed by atoms with Gasteiger partial charge in [-0.25, -0.2) is 9.97 Å². The van der Waals surface area contributed by atoms with Gasteiger partial charge in [-0.15, -0.1) is 0 Å². The maximum absolute atomic E-state index is 12.7. The van der Waals surface area contributed by atoms with Crippen LogP contribution in [-0.2, 0) is 9.53 Å². The standard InChI is InChI=1S/C15H19N5O2S2/c1-23-15-17-9-11(8-16)13(18-15)20-2-5-22-12(10-20)14(21)19-3-6-24-7-4-19/h9,12H,2-7,10H2,1H3. The van der Waals surface area contributed by atoms with Crippen molar-refractivity contribution in [3.63, 3.8) is 0 Å². The Morgan fingerprint density at radius 3 is 2.96 bits per heavy atom. The number of thioether (sulfide) groups is 2. The van der Waals surface area contributed by atoms with Gasteiger partial charge in [-0.2, -0.15) is 17.0 Å². The summed E-state index contributed by atoms with van der Waals surface area (Å²) in [5, 5.41) is 9.94. The summed E-state index contributed by atoms with van der Waals surface area (Å²) in [4.78, 5) is 25.1. The molecule has 2 aliphatic rings. The van der Waals surface area contributed by atoms with Crippen molar-refractivity contribution in [3.8, 4) is 6.07 Å². The second-order valence-corrected chi connectivity index (χ2v) is 7.45. The van der Waals surface area contributed by atoms with E-state index in [2.05, 4.69) is 16.0 Å². The average molecular weight is 365 g/mol. The molecular weight excluding hydrogens is 346 g/mol. The van der Waals surface area contributed by atoms with Gasteiger partial charge in [0.25, 0.3) is 5.91 Å². The van der Waals surface area contributed by atoms with E-state index in [0.29, 0.717) is 36.2 Å². The number of carbonyl (C=O) groups excluding carboxylic acids is 1. The van der Waals surface area contributed by atoms with Crippen molar-refractivity contribution in [2.45, 2.75) is 11.3 Å². The van der Waals surface area contributed by atoms with E-state index >= 15 is 0 Å². The smallest absolute Gasteiger partial charge is 0.253 e. The first-order chi connectivity index (χ1) is 11.7. The fourth-order valence-electron chi connectivity index (χ4n) is 2.75. The van der Waals surface area contributed by atoms with Gasteiger partial charge in [-0.1, -0.05) is 11.8 Å². The van der Waals surface area contributed by atoms with Crippen molar-refractivity contribution in [2.24, 2.45) is 0 Å². The third-order valence-electron chi connectivity index (χ3n) is 4.01. The Morgan fingerprint density at radius 1 is 1.46 bits per heavy atom. The molecule has 9 heteroatoms. The molecule has 24 heavy (non-hydrogen) atoms. The Bertz CT molecular complexity index is 645. The first-order valence-electron chi connectivity index (χ1n) is 7.77. The van der Waals surface area contributed by atoms with Crippen LogP contribution in [0.5, 0.6) is 0 Å². The number of carbonyl (C=O) groups is 1. The van der Waals surface area contributed by atoms with Crippen LogP contribution in [0, 0.1) is 11.3 Å². The molecule has 0 radical (unpaired) electrons. The van der Waals surface area contributed by atoms with Crippen LogP contribution in [0.2, 0.25) is 0 Å². The van der Waals surface area contributed by atoms with Crippen molar-refractivity contribution < 1.29 is 9.53 Å². The van der Waals surface area contributed by atoms with Gasteiger partial charge in [-0.05, 0) is 6.26 Å². The molecule has 128 valence electrons. The van der Waals surface area contributed by atoms with Crippen LogP contribution < -0.4 is 4.90 Å². The Morgan fingerprint density at radius 2 is 2.25 bits per heavy atom. The highest BCUT2D eigenvalue weighted by atomic mass is 32.2. The average Bonchev–Trinajstić information content (AvgIpc) is 2.67. The van der Waals surface area contributed by atoms with Gasteiger partial charge in [0.05, 0.1) is 19.3 Å². The molecule has 0 N–H and O–H groups in total. The molecular formula is C15H19N5O2S2. The molecule has 0 saturated carbocycles. The molecule has 1 amide bonds. The van der Waals surface area contributed by atoms with Gasteiger partial charge < -0.3 is 14.5 Å². The third-order valence-corrected chi connectivity index (χ3v) is 5.52. The van der Waals surface area contributed by atoms with E-state index in [1.807, 2.05) is 27.8 Å². The second kappa shape index (κ2) is 8.05. The summed E-state index contributed by atoms with van der Waals surface area (Å²) < 4.78 is 5.70. The van der Waals surface area contributed by atoms with Crippen LogP contribution in [-0.4, -0.2) is 77.4 Å². The largest absolute Gasteiger partial charge is 0.365 e. The van der Waals surface area contributed by atoms with Crippen LogP contribution in [0.1, 0.15) is 5.56 Å². The van der Waals surface area contributed by atoms with E-state index in [4.69, 9.17) is 4.74 Å². The zero-order chi connectivity index (χ0) is 16.9. The van der Waals surface area contributed by atoms with Gasteiger partial charge in [0.15, 0.2) is 17.1 Å².